The van der Waals surface area contributed by atoms with Crippen LogP contribution in [0.2, 0.25) is 0 Å². The standard InChI is InChI=1S/C35H44N4O6/c1-22(2)36-30(40)27-20-26-19-25(23-11-13-24(14-12-23)31(41)38-17-9-10-18-38)15-16-28(26)37-29(21-27)39(32(42)44-34(3,4)5)33(43)45-35(6,7)8/h11-16,19-20,22H,9-10,17-18,21H2,1-8H3,(H,36,40). The summed E-state index contributed by atoms with van der Waals surface area (Å²) in [4.78, 5) is 60.5. The fraction of sp³-hybridized carbons (Fsp3) is 0.457. The lowest BCUT2D eigenvalue weighted by Crippen LogP contribution is -2.47. The molecular weight excluding hydrogens is 572 g/mol. The van der Waals surface area contributed by atoms with Crippen LogP contribution in [-0.4, -0.2) is 70.0 Å². The number of imide groups is 1. The van der Waals surface area contributed by atoms with Crippen molar-refractivity contribution in [2.75, 3.05) is 13.1 Å². The molecule has 4 rings (SSSR count). The van der Waals surface area contributed by atoms with Crippen LogP contribution in [0.25, 0.3) is 17.2 Å². The maximum atomic E-state index is 13.4. The summed E-state index contributed by atoms with van der Waals surface area (Å²) in [6, 6.07) is 12.9. The summed E-state index contributed by atoms with van der Waals surface area (Å²) in [7, 11) is 0. The van der Waals surface area contributed by atoms with E-state index in [9.17, 15) is 19.2 Å². The Morgan fingerprint density at radius 2 is 1.40 bits per heavy atom. The molecule has 4 amide bonds. The fourth-order valence-corrected chi connectivity index (χ4v) is 4.98. The molecule has 240 valence electrons. The predicted molar refractivity (Wildman–Crippen MR) is 174 cm³/mol. The van der Waals surface area contributed by atoms with Crippen LogP contribution in [-0.2, 0) is 14.3 Å². The zero-order valence-electron chi connectivity index (χ0n) is 27.5. The second-order valence-corrected chi connectivity index (χ2v) is 13.6. The molecule has 10 heteroatoms. The van der Waals surface area contributed by atoms with Crippen LogP contribution in [0.3, 0.4) is 0 Å². The molecule has 1 fully saturated rings. The quantitative estimate of drug-likeness (QED) is 0.391. The van der Waals surface area contributed by atoms with Crippen LogP contribution >= 0.6 is 0 Å². The largest absolute Gasteiger partial charge is 0.443 e. The molecule has 2 heterocycles. The monoisotopic (exact) mass is 616 g/mol. The molecule has 0 aliphatic carbocycles. The summed E-state index contributed by atoms with van der Waals surface area (Å²) >= 11 is 0. The van der Waals surface area contributed by atoms with Crippen molar-refractivity contribution in [1.82, 2.24) is 15.1 Å². The fourth-order valence-electron chi connectivity index (χ4n) is 4.98. The Morgan fingerprint density at radius 3 is 1.93 bits per heavy atom. The molecule has 0 aromatic heterocycles. The third-order valence-electron chi connectivity index (χ3n) is 6.94. The van der Waals surface area contributed by atoms with Gasteiger partial charge in [-0.1, -0.05) is 18.2 Å². The van der Waals surface area contributed by atoms with E-state index in [-0.39, 0.29) is 30.1 Å². The molecule has 0 bridgehead atoms. The number of likely N-dealkylation sites (tertiary alicyclic amines) is 1. The lowest BCUT2D eigenvalue weighted by atomic mass is 9.99. The number of carbonyl (C=O) groups is 4. The average Bonchev–Trinajstić information content (AvgIpc) is 3.39. The predicted octanol–water partition coefficient (Wildman–Crippen LogP) is 7.10. The third-order valence-corrected chi connectivity index (χ3v) is 6.94. The smallest absolute Gasteiger partial charge is 0.425 e. The Hall–Kier alpha value is -4.47. The van der Waals surface area contributed by atoms with Gasteiger partial charge in [-0.25, -0.2) is 14.6 Å². The summed E-state index contributed by atoms with van der Waals surface area (Å²) in [5.41, 5.74) is 1.96. The van der Waals surface area contributed by atoms with Crippen molar-refractivity contribution in [3.8, 4) is 11.1 Å². The van der Waals surface area contributed by atoms with Crippen molar-refractivity contribution in [3.63, 3.8) is 0 Å². The number of fused-ring (bicyclic) bond motifs is 1. The van der Waals surface area contributed by atoms with E-state index in [0.717, 1.165) is 42.0 Å². The third kappa shape index (κ3) is 8.80. The lowest BCUT2D eigenvalue weighted by Gasteiger charge is -2.29. The summed E-state index contributed by atoms with van der Waals surface area (Å²) in [5.74, 6) is -0.319. The summed E-state index contributed by atoms with van der Waals surface area (Å²) in [6.07, 6.45) is 1.74. The number of amides is 4. The molecule has 2 aliphatic heterocycles. The number of nitrogens with zero attached hydrogens (tertiary/aromatic N) is 3. The number of nitrogens with one attached hydrogen (secondary N) is 1. The van der Waals surface area contributed by atoms with Gasteiger partial charge >= 0.3 is 12.2 Å². The Kier molecular flexibility index (Phi) is 9.85. The first-order valence-electron chi connectivity index (χ1n) is 15.4. The van der Waals surface area contributed by atoms with E-state index in [0.29, 0.717) is 22.4 Å². The highest BCUT2D eigenvalue weighted by molar-refractivity contribution is 6.14. The number of hydrogen-bond acceptors (Lipinski definition) is 7. The van der Waals surface area contributed by atoms with E-state index in [4.69, 9.17) is 14.5 Å². The van der Waals surface area contributed by atoms with Crippen LogP contribution in [0.4, 0.5) is 15.3 Å². The zero-order chi connectivity index (χ0) is 33.1. The second kappa shape index (κ2) is 13.3. The molecule has 0 unspecified atom stereocenters. The molecule has 0 spiro atoms. The number of rotatable bonds is 4. The number of amidine groups is 1. The average molecular weight is 617 g/mol. The van der Waals surface area contributed by atoms with E-state index < -0.39 is 23.4 Å². The maximum Gasteiger partial charge on any atom is 0.425 e. The van der Waals surface area contributed by atoms with Crippen LogP contribution in [0, 0.1) is 0 Å². The van der Waals surface area contributed by atoms with E-state index in [1.54, 1.807) is 53.7 Å². The molecule has 0 radical (unpaired) electrons. The van der Waals surface area contributed by atoms with E-state index in [1.807, 2.05) is 55.1 Å². The van der Waals surface area contributed by atoms with Crippen LogP contribution < -0.4 is 5.32 Å². The van der Waals surface area contributed by atoms with Gasteiger partial charge in [0.1, 0.15) is 17.0 Å². The van der Waals surface area contributed by atoms with Gasteiger partial charge in [0.05, 0.1) is 5.69 Å². The van der Waals surface area contributed by atoms with Gasteiger partial charge in [0, 0.05) is 42.3 Å². The van der Waals surface area contributed by atoms with Crippen LogP contribution in [0.15, 0.2) is 53.0 Å². The van der Waals surface area contributed by atoms with Crippen LogP contribution in [0.1, 0.15) is 90.6 Å². The molecule has 10 nitrogen and oxygen atoms in total. The van der Waals surface area contributed by atoms with Gasteiger partial charge in [-0.15, -0.1) is 0 Å². The van der Waals surface area contributed by atoms with Gasteiger partial charge < -0.3 is 19.7 Å². The molecule has 2 aliphatic rings. The minimum atomic E-state index is -0.956. The Labute approximate surface area is 265 Å². The van der Waals surface area contributed by atoms with Gasteiger partial charge in [0.25, 0.3) is 5.91 Å². The number of carbonyl (C=O) groups excluding carboxylic acids is 4. The van der Waals surface area contributed by atoms with Gasteiger partial charge in [-0.3, -0.25) is 9.59 Å². The zero-order valence-corrected chi connectivity index (χ0v) is 27.5. The highest BCUT2D eigenvalue weighted by atomic mass is 16.6. The number of ether oxygens (including phenoxy) is 2. The summed E-state index contributed by atoms with van der Waals surface area (Å²) < 4.78 is 11.1. The van der Waals surface area contributed by atoms with E-state index in [2.05, 4.69) is 5.32 Å². The van der Waals surface area contributed by atoms with Crippen molar-refractivity contribution in [2.45, 2.75) is 91.9 Å². The number of aliphatic imine (C=N–C) groups is 1. The molecule has 45 heavy (non-hydrogen) atoms. The first kappa shape index (κ1) is 33.4. The first-order valence-corrected chi connectivity index (χ1v) is 15.4. The summed E-state index contributed by atoms with van der Waals surface area (Å²) in [5, 5.41) is 2.90. The number of benzene rings is 2. The molecule has 2 aromatic rings. The van der Waals surface area contributed by atoms with Gasteiger partial charge in [0.15, 0.2) is 0 Å². The SMILES string of the molecule is CC(C)NC(=O)C1=Cc2cc(-c3ccc(C(=O)N4CCCC4)cc3)ccc2N=C(N(C(=O)OC(C)(C)C)C(=O)OC(C)(C)C)C1. The molecule has 0 atom stereocenters. The maximum absolute atomic E-state index is 13.4. The minimum Gasteiger partial charge on any atom is -0.443 e. The Morgan fingerprint density at radius 1 is 0.844 bits per heavy atom. The Balaban J connectivity index is 1.76. The minimum absolute atomic E-state index is 0.0000610. The highest BCUT2D eigenvalue weighted by Gasteiger charge is 2.36. The summed E-state index contributed by atoms with van der Waals surface area (Å²) in [6.45, 7) is 15.4. The van der Waals surface area contributed by atoms with Gasteiger partial charge in [-0.05, 0) is 110 Å². The number of hydrogen-bond donors (Lipinski definition) is 1. The topological polar surface area (TPSA) is 118 Å². The molecule has 1 N–H and O–H groups in total. The second-order valence-electron chi connectivity index (χ2n) is 13.6. The normalized spacial score (nSPS) is 15.0. The Bertz CT molecular complexity index is 1490. The lowest BCUT2D eigenvalue weighted by molar-refractivity contribution is -0.117. The van der Waals surface area contributed by atoms with Crippen LogP contribution in [0.5, 0.6) is 0 Å². The van der Waals surface area contributed by atoms with E-state index in [1.165, 1.54) is 0 Å². The van der Waals surface area contributed by atoms with Crippen molar-refractivity contribution < 1.29 is 28.7 Å². The molecule has 1 saturated heterocycles. The molecule has 0 saturated carbocycles. The van der Waals surface area contributed by atoms with Crippen molar-refractivity contribution >= 4 is 41.6 Å². The van der Waals surface area contributed by atoms with Gasteiger partial charge in [0.2, 0.25) is 5.91 Å². The van der Waals surface area contributed by atoms with Crippen molar-refractivity contribution in [2.24, 2.45) is 4.99 Å². The van der Waals surface area contributed by atoms with Crippen molar-refractivity contribution in [3.05, 3.63) is 59.2 Å². The molecule has 2 aromatic carbocycles. The van der Waals surface area contributed by atoms with E-state index >= 15 is 0 Å². The molecular formula is C35H44N4O6. The van der Waals surface area contributed by atoms with Gasteiger partial charge in [-0.2, -0.15) is 4.90 Å². The highest BCUT2D eigenvalue weighted by Crippen LogP contribution is 2.33. The first-order chi connectivity index (χ1) is 21.0. The van der Waals surface area contributed by atoms with Crippen molar-refractivity contribution in [1.29, 1.82) is 0 Å².